The molecule has 8 nitrogen and oxygen atoms in total. The maximum atomic E-state index is 10.2. The SMILES string of the molecule is CCCCCCCCCCCCOS(=O)(=O)O.OCCN(CCO)CCO.c1ccccc1. The Balaban J connectivity index is 0. The molecule has 0 aliphatic carbocycles. The molecule has 4 N–H and O–H groups in total. The first kappa shape index (κ1) is 34.1. The van der Waals surface area contributed by atoms with Gasteiger partial charge in [-0.15, -0.1) is 0 Å². The van der Waals surface area contributed by atoms with Crippen LogP contribution in [-0.4, -0.2) is 79.3 Å². The fourth-order valence-corrected chi connectivity index (χ4v) is 3.23. The van der Waals surface area contributed by atoms with Crippen LogP contribution in [0.25, 0.3) is 0 Å². The molecule has 0 aromatic heterocycles. The van der Waals surface area contributed by atoms with Crippen LogP contribution in [-0.2, 0) is 14.6 Å². The summed E-state index contributed by atoms with van der Waals surface area (Å²) >= 11 is 0. The first-order valence-electron chi connectivity index (χ1n) is 12.1. The molecule has 0 spiro atoms. The Morgan fingerprint density at radius 2 is 0.970 bits per heavy atom. The maximum absolute atomic E-state index is 10.2. The van der Waals surface area contributed by atoms with Gasteiger partial charge in [0.05, 0.1) is 26.4 Å². The molecular formula is C24H47NO7S. The lowest BCUT2D eigenvalue weighted by Crippen LogP contribution is -2.32. The normalized spacial score (nSPS) is 10.8. The molecule has 0 fully saturated rings. The van der Waals surface area contributed by atoms with E-state index in [1.807, 2.05) is 36.4 Å². The number of aliphatic hydroxyl groups excluding tert-OH is 3. The topological polar surface area (TPSA) is 128 Å². The molecule has 1 aromatic rings. The Morgan fingerprint density at radius 3 is 1.27 bits per heavy atom. The minimum atomic E-state index is -4.23. The van der Waals surface area contributed by atoms with E-state index in [1.54, 1.807) is 4.90 Å². The van der Waals surface area contributed by atoms with E-state index < -0.39 is 10.4 Å². The molecule has 0 radical (unpaired) electrons. The number of hydrogen-bond donors (Lipinski definition) is 4. The molecule has 0 heterocycles. The molecular weight excluding hydrogens is 446 g/mol. The molecule has 9 heteroatoms. The van der Waals surface area contributed by atoms with Gasteiger partial charge in [-0.2, -0.15) is 8.42 Å². The van der Waals surface area contributed by atoms with E-state index in [2.05, 4.69) is 11.1 Å². The number of rotatable bonds is 18. The number of aliphatic hydroxyl groups is 3. The van der Waals surface area contributed by atoms with Crippen LogP contribution in [0, 0.1) is 0 Å². The first-order valence-corrected chi connectivity index (χ1v) is 13.4. The first-order chi connectivity index (χ1) is 15.9. The van der Waals surface area contributed by atoms with Crippen molar-refractivity contribution in [3.05, 3.63) is 36.4 Å². The predicted molar refractivity (Wildman–Crippen MR) is 133 cm³/mol. The van der Waals surface area contributed by atoms with Gasteiger partial charge in [0.25, 0.3) is 0 Å². The van der Waals surface area contributed by atoms with E-state index in [0.29, 0.717) is 26.1 Å². The van der Waals surface area contributed by atoms with Crippen molar-refractivity contribution in [2.24, 2.45) is 0 Å². The van der Waals surface area contributed by atoms with E-state index in [0.717, 1.165) is 12.8 Å². The van der Waals surface area contributed by atoms with Crippen molar-refractivity contribution in [2.45, 2.75) is 71.1 Å². The summed E-state index contributed by atoms with van der Waals surface area (Å²) in [5.41, 5.74) is 0. The third-order valence-electron chi connectivity index (χ3n) is 4.65. The Labute approximate surface area is 201 Å². The van der Waals surface area contributed by atoms with Crippen LogP contribution in [0.15, 0.2) is 36.4 Å². The quantitative estimate of drug-likeness (QED) is 0.180. The molecule has 1 rings (SSSR count). The number of nitrogens with zero attached hydrogens (tertiary/aromatic N) is 1. The van der Waals surface area contributed by atoms with Crippen LogP contribution in [0.2, 0.25) is 0 Å². The highest BCUT2D eigenvalue weighted by atomic mass is 32.3. The van der Waals surface area contributed by atoms with E-state index in [4.69, 9.17) is 19.9 Å². The molecule has 196 valence electrons. The number of unbranched alkanes of at least 4 members (excludes halogenated alkanes) is 9. The maximum Gasteiger partial charge on any atom is 0.397 e. The monoisotopic (exact) mass is 493 g/mol. The van der Waals surface area contributed by atoms with Crippen LogP contribution >= 0.6 is 0 Å². The van der Waals surface area contributed by atoms with E-state index in [9.17, 15) is 8.42 Å². The molecule has 0 saturated heterocycles. The fourth-order valence-electron chi connectivity index (χ4n) is 2.90. The van der Waals surface area contributed by atoms with E-state index >= 15 is 0 Å². The minimum Gasteiger partial charge on any atom is -0.395 e. The van der Waals surface area contributed by atoms with Crippen LogP contribution in [0.5, 0.6) is 0 Å². The summed E-state index contributed by atoms with van der Waals surface area (Å²) in [4.78, 5) is 1.79. The zero-order valence-electron chi connectivity index (χ0n) is 20.4. The van der Waals surface area contributed by atoms with Gasteiger partial charge in [0, 0.05) is 19.6 Å². The van der Waals surface area contributed by atoms with E-state index in [-0.39, 0.29) is 26.4 Å². The zero-order valence-corrected chi connectivity index (χ0v) is 21.2. The van der Waals surface area contributed by atoms with Crippen molar-refractivity contribution < 1.29 is 32.5 Å². The highest BCUT2D eigenvalue weighted by molar-refractivity contribution is 7.80. The second kappa shape index (κ2) is 27.2. The van der Waals surface area contributed by atoms with Gasteiger partial charge >= 0.3 is 10.4 Å². The van der Waals surface area contributed by atoms with Gasteiger partial charge in [-0.3, -0.25) is 9.45 Å². The fraction of sp³-hybridized carbons (Fsp3) is 0.750. The van der Waals surface area contributed by atoms with Gasteiger partial charge in [0.1, 0.15) is 0 Å². The van der Waals surface area contributed by atoms with Gasteiger partial charge in [-0.05, 0) is 6.42 Å². The average Bonchev–Trinajstić information content (AvgIpc) is 2.79. The van der Waals surface area contributed by atoms with Gasteiger partial charge in [0.15, 0.2) is 0 Å². The minimum absolute atomic E-state index is 0.0694. The summed E-state index contributed by atoms with van der Waals surface area (Å²) in [6.45, 7) is 4.06. The lowest BCUT2D eigenvalue weighted by atomic mass is 10.1. The summed E-state index contributed by atoms with van der Waals surface area (Å²) in [7, 11) is -4.23. The summed E-state index contributed by atoms with van der Waals surface area (Å²) < 4.78 is 33.0. The summed E-state index contributed by atoms with van der Waals surface area (Å²) in [5, 5.41) is 25.5. The number of hydrogen-bond acceptors (Lipinski definition) is 7. The summed E-state index contributed by atoms with van der Waals surface area (Å²) in [5.74, 6) is 0. The average molecular weight is 494 g/mol. The highest BCUT2D eigenvalue weighted by Gasteiger charge is 2.02. The Hall–Kier alpha value is -1.07. The second-order valence-electron chi connectivity index (χ2n) is 7.60. The van der Waals surface area contributed by atoms with Crippen molar-refractivity contribution >= 4 is 10.4 Å². The van der Waals surface area contributed by atoms with E-state index in [1.165, 1.54) is 44.9 Å². The molecule has 0 saturated carbocycles. The largest absolute Gasteiger partial charge is 0.397 e. The third kappa shape index (κ3) is 33.2. The van der Waals surface area contributed by atoms with Gasteiger partial charge in [-0.25, -0.2) is 4.18 Å². The molecule has 0 aliphatic rings. The standard InChI is InChI=1S/C12H26O4S.C6H15NO3.C6H6/c1-2-3-4-5-6-7-8-9-10-11-12-16-17(13,14)15;8-4-1-7(2-5-9)3-6-10;1-2-4-6-5-3-1/h2-12H2,1H3,(H,13,14,15);8-10H,1-6H2;1-6H. The zero-order chi connectivity index (χ0) is 25.0. The summed E-state index contributed by atoms with van der Waals surface area (Å²) in [6, 6.07) is 12.0. The van der Waals surface area contributed by atoms with Crippen molar-refractivity contribution in [2.75, 3.05) is 46.1 Å². The molecule has 0 atom stereocenters. The summed E-state index contributed by atoms with van der Waals surface area (Å²) in [6.07, 6.45) is 11.9. The predicted octanol–water partition coefficient (Wildman–Crippen LogP) is 3.68. The smallest absolute Gasteiger partial charge is 0.395 e. The molecule has 0 aliphatic heterocycles. The molecule has 0 unspecified atom stereocenters. The Kier molecular flexibility index (Phi) is 28.1. The Bertz CT molecular complexity index is 532. The van der Waals surface area contributed by atoms with Crippen LogP contribution in [0.1, 0.15) is 71.1 Å². The lowest BCUT2D eigenvalue weighted by molar-refractivity contribution is 0.136. The third-order valence-corrected chi connectivity index (χ3v) is 5.11. The molecule has 0 bridgehead atoms. The van der Waals surface area contributed by atoms with Crippen molar-refractivity contribution in [1.29, 1.82) is 0 Å². The van der Waals surface area contributed by atoms with Crippen LogP contribution in [0.3, 0.4) is 0 Å². The molecule has 0 amide bonds. The molecule has 33 heavy (non-hydrogen) atoms. The number of benzene rings is 1. The lowest BCUT2D eigenvalue weighted by Gasteiger charge is -2.17. The highest BCUT2D eigenvalue weighted by Crippen LogP contribution is 2.10. The van der Waals surface area contributed by atoms with Gasteiger partial charge in [0.2, 0.25) is 0 Å². The van der Waals surface area contributed by atoms with Gasteiger partial charge < -0.3 is 15.3 Å². The van der Waals surface area contributed by atoms with Crippen molar-refractivity contribution in [1.82, 2.24) is 4.90 Å². The van der Waals surface area contributed by atoms with Gasteiger partial charge in [-0.1, -0.05) is 101 Å². The van der Waals surface area contributed by atoms with Crippen molar-refractivity contribution in [3.63, 3.8) is 0 Å². The van der Waals surface area contributed by atoms with Crippen LogP contribution < -0.4 is 0 Å². The van der Waals surface area contributed by atoms with Crippen molar-refractivity contribution in [3.8, 4) is 0 Å². The second-order valence-corrected chi connectivity index (χ2v) is 8.69. The van der Waals surface area contributed by atoms with Crippen LogP contribution in [0.4, 0.5) is 0 Å². The Morgan fingerprint density at radius 1 is 0.636 bits per heavy atom. The molecule has 1 aromatic carbocycles.